The molecule has 2 amide bonds. The van der Waals surface area contributed by atoms with Gasteiger partial charge < -0.3 is 14.8 Å². The number of ether oxygens (including phenoxy) is 2. The van der Waals surface area contributed by atoms with E-state index in [0.717, 1.165) is 12.3 Å². The van der Waals surface area contributed by atoms with Crippen LogP contribution in [0.5, 0.6) is 11.5 Å². The first-order chi connectivity index (χ1) is 13.3. The summed E-state index contributed by atoms with van der Waals surface area (Å²) in [5.41, 5.74) is 0.906. The number of nitrogens with one attached hydrogen (secondary N) is 2. The van der Waals surface area contributed by atoms with Crippen molar-refractivity contribution in [3.63, 3.8) is 0 Å². The van der Waals surface area contributed by atoms with Crippen molar-refractivity contribution in [1.82, 2.24) is 5.43 Å². The molecule has 28 heavy (non-hydrogen) atoms. The average molecular weight is 395 g/mol. The number of carbonyl (C=O) groups is 2. The van der Waals surface area contributed by atoms with E-state index in [0.29, 0.717) is 5.75 Å². The highest BCUT2D eigenvalue weighted by atomic mass is 19.4. The molecular weight excluding hydrogens is 379 g/mol. The van der Waals surface area contributed by atoms with Crippen LogP contribution < -0.4 is 20.2 Å². The Morgan fingerprint density at radius 3 is 2.39 bits per heavy atom. The number of halogens is 3. The van der Waals surface area contributed by atoms with Gasteiger partial charge in [0.1, 0.15) is 11.5 Å². The molecule has 0 aliphatic heterocycles. The molecule has 0 atom stereocenters. The van der Waals surface area contributed by atoms with Gasteiger partial charge in [-0.1, -0.05) is 18.2 Å². The standard InChI is InChI=1S/C18H16F3N3O4/c1-27-12-7-8-14(15(9-12)28-2)23-16(25)17(26)24-22-10-11-5-3-4-6-13(11)18(19,20)21/h3-10H,1-2H3,(H,23,25)(H,24,26)/b22-10-. The predicted octanol–water partition coefficient (Wildman–Crippen LogP) is 2.81. The molecule has 0 fully saturated rings. The lowest BCUT2D eigenvalue weighted by molar-refractivity contribution is -0.137. The summed E-state index contributed by atoms with van der Waals surface area (Å²) in [6.45, 7) is 0. The summed E-state index contributed by atoms with van der Waals surface area (Å²) in [5.74, 6) is -1.52. The number of hydrazone groups is 1. The zero-order chi connectivity index (χ0) is 20.7. The third-order valence-corrected chi connectivity index (χ3v) is 3.50. The van der Waals surface area contributed by atoms with E-state index >= 15 is 0 Å². The van der Waals surface area contributed by atoms with Crippen molar-refractivity contribution in [2.45, 2.75) is 6.18 Å². The Bertz CT molecular complexity index is 898. The minimum atomic E-state index is -4.57. The summed E-state index contributed by atoms with van der Waals surface area (Å²) in [6, 6.07) is 9.19. The summed E-state index contributed by atoms with van der Waals surface area (Å²) >= 11 is 0. The fourth-order valence-corrected chi connectivity index (χ4v) is 2.16. The smallest absolute Gasteiger partial charge is 0.417 e. The van der Waals surface area contributed by atoms with Crippen LogP contribution in [0.4, 0.5) is 18.9 Å². The van der Waals surface area contributed by atoms with Crippen molar-refractivity contribution in [3.8, 4) is 11.5 Å². The molecule has 7 nitrogen and oxygen atoms in total. The van der Waals surface area contributed by atoms with E-state index in [1.165, 1.54) is 44.6 Å². The minimum absolute atomic E-state index is 0.204. The van der Waals surface area contributed by atoms with Crippen molar-refractivity contribution in [1.29, 1.82) is 0 Å². The van der Waals surface area contributed by atoms with E-state index in [4.69, 9.17) is 9.47 Å². The number of nitrogens with zero attached hydrogens (tertiary/aromatic N) is 1. The molecule has 10 heteroatoms. The normalized spacial score (nSPS) is 11.2. The summed E-state index contributed by atoms with van der Waals surface area (Å²) in [4.78, 5) is 23.8. The molecule has 148 valence electrons. The monoisotopic (exact) mass is 395 g/mol. The van der Waals surface area contributed by atoms with Crippen molar-refractivity contribution < 1.29 is 32.2 Å². The molecule has 0 unspecified atom stereocenters. The lowest BCUT2D eigenvalue weighted by Gasteiger charge is -2.11. The molecule has 2 aromatic carbocycles. The largest absolute Gasteiger partial charge is 0.497 e. The fraction of sp³-hybridized carbons (Fsp3) is 0.167. The third kappa shape index (κ3) is 5.22. The van der Waals surface area contributed by atoms with E-state index in [1.54, 1.807) is 6.07 Å². The van der Waals surface area contributed by atoms with E-state index in [2.05, 4.69) is 10.4 Å². The number of alkyl halides is 3. The molecule has 0 heterocycles. The highest BCUT2D eigenvalue weighted by Gasteiger charge is 2.32. The Morgan fingerprint density at radius 1 is 1.04 bits per heavy atom. The maximum atomic E-state index is 12.9. The second kappa shape index (κ2) is 8.89. The minimum Gasteiger partial charge on any atom is -0.497 e. The van der Waals surface area contributed by atoms with Crippen LogP contribution >= 0.6 is 0 Å². The SMILES string of the molecule is COc1ccc(NC(=O)C(=O)N/N=C\c2ccccc2C(F)(F)F)c(OC)c1. The Kier molecular flexibility index (Phi) is 6.59. The maximum Gasteiger partial charge on any atom is 0.417 e. The lowest BCUT2D eigenvalue weighted by atomic mass is 10.1. The zero-order valence-corrected chi connectivity index (χ0v) is 14.8. The molecule has 2 rings (SSSR count). The molecule has 0 aliphatic rings. The van der Waals surface area contributed by atoms with Crippen LogP contribution in [-0.4, -0.2) is 32.2 Å². The van der Waals surface area contributed by atoms with Gasteiger partial charge in [0.2, 0.25) is 0 Å². The number of carbonyl (C=O) groups excluding carboxylic acids is 2. The van der Waals surface area contributed by atoms with Crippen molar-refractivity contribution in [3.05, 3.63) is 53.6 Å². The van der Waals surface area contributed by atoms with Crippen LogP contribution in [0, 0.1) is 0 Å². The number of hydrogen-bond acceptors (Lipinski definition) is 5. The number of hydrogen-bond donors (Lipinski definition) is 2. The number of benzene rings is 2. The van der Waals surface area contributed by atoms with Crippen molar-refractivity contribution in [2.24, 2.45) is 5.10 Å². The van der Waals surface area contributed by atoms with E-state index in [9.17, 15) is 22.8 Å². The van der Waals surface area contributed by atoms with Gasteiger partial charge in [-0.2, -0.15) is 18.3 Å². The van der Waals surface area contributed by atoms with Gasteiger partial charge in [-0.3, -0.25) is 9.59 Å². The second-order valence-electron chi connectivity index (χ2n) is 5.30. The number of amides is 2. The van der Waals surface area contributed by atoms with Gasteiger partial charge in [-0.25, -0.2) is 5.43 Å². The maximum absolute atomic E-state index is 12.9. The van der Waals surface area contributed by atoms with Gasteiger partial charge in [0, 0.05) is 11.6 Å². The van der Waals surface area contributed by atoms with E-state index < -0.39 is 23.6 Å². The fourth-order valence-electron chi connectivity index (χ4n) is 2.16. The highest BCUT2D eigenvalue weighted by Crippen LogP contribution is 2.31. The topological polar surface area (TPSA) is 89.0 Å². The molecule has 0 saturated heterocycles. The number of methoxy groups -OCH3 is 2. The first kappa shape index (κ1) is 20.7. The van der Waals surface area contributed by atoms with E-state index in [-0.39, 0.29) is 17.0 Å². The van der Waals surface area contributed by atoms with Crippen molar-refractivity contribution >= 4 is 23.7 Å². The molecule has 0 saturated carbocycles. The van der Waals surface area contributed by atoms with Gasteiger partial charge in [0.25, 0.3) is 0 Å². The van der Waals surface area contributed by atoms with Crippen molar-refractivity contribution in [2.75, 3.05) is 19.5 Å². The van der Waals surface area contributed by atoms with Gasteiger partial charge in [-0.05, 0) is 18.2 Å². The van der Waals surface area contributed by atoms with E-state index in [1.807, 2.05) is 5.43 Å². The van der Waals surface area contributed by atoms with Crippen LogP contribution in [0.1, 0.15) is 11.1 Å². The predicted molar refractivity (Wildman–Crippen MR) is 95.4 cm³/mol. The number of rotatable bonds is 5. The highest BCUT2D eigenvalue weighted by molar-refractivity contribution is 6.39. The van der Waals surface area contributed by atoms with Crippen LogP contribution in [-0.2, 0) is 15.8 Å². The molecule has 0 aliphatic carbocycles. The van der Waals surface area contributed by atoms with Crippen LogP contribution in [0.3, 0.4) is 0 Å². The first-order valence-corrected chi connectivity index (χ1v) is 7.79. The third-order valence-electron chi connectivity index (χ3n) is 3.50. The summed E-state index contributed by atoms with van der Waals surface area (Å²) in [6.07, 6.45) is -3.77. The molecule has 0 radical (unpaired) electrons. The van der Waals surface area contributed by atoms with Gasteiger partial charge >= 0.3 is 18.0 Å². The first-order valence-electron chi connectivity index (χ1n) is 7.79. The summed E-state index contributed by atoms with van der Waals surface area (Å²) in [7, 11) is 2.82. The molecule has 0 spiro atoms. The summed E-state index contributed by atoms with van der Waals surface area (Å²) < 4.78 is 48.8. The van der Waals surface area contributed by atoms with Gasteiger partial charge in [-0.15, -0.1) is 0 Å². The Balaban J connectivity index is 2.04. The van der Waals surface area contributed by atoms with Gasteiger partial charge in [0.15, 0.2) is 0 Å². The van der Waals surface area contributed by atoms with Gasteiger partial charge in [0.05, 0.1) is 31.7 Å². The average Bonchev–Trinajstić information content (AvgIpc) is 2.67. The summed E-state index contributed by atoms with van der Waals surface area (Å²) in [5, 5.41) is 5.72. The molecule has 2 N–H and O–H groups in total. The van der Waals surface area contributed by atoms with Crippen LogP contribution in [0.2, 0.25) is 0 Å². The molecular formula is C18H16F3N3O4. The molecule has 0 aromatic heterocycles. The zero-order valence-electron chi connectivity index (χ0n) is 14.8. The van der Waals surface area contributed by atoms with Crippen LogP contribution in [0.15, 0.2) is 47.6 Å². The Hall–Kier alpha value is -3.56. The number of anilines is 1. The Labute approximate surface area is 158 Å². The Morgan fingerprint density at radius 2 is 1.75 bits per heavy atom. The quantitative estimate of drug-likeness (QED) is 0.463. The second-order valence-corrected chi connectivity index (χ2v) is 5.30. The lowest BCUT2D eigenvalue weighted by Crippen LogP contribution is -2.32. The van der Waals surface area contributed by atoms with Crippen LogP contribution in [0.25, 0.3) is 0 Å². The molecule has 0 bridgehead atoms. The molecule has 2 aromatic rings.